The molecular formula is C36H57BN4O7S. The van der Waals surface area contributed by atoms with Gasteiger partial charge in [-0.2, -0.15) is 0 Å². The van der Waals surface area contributed by atoms with Crippen molar-refractivity contribution in [2.24, 2.45) is 29.1 Å². The number of benzene rings is 1. The minimum atomic E-state index is -3.32. The van der Waals surface area contributed by atoms with Crippen molar-refractivity contribution in [3.05, 3.63) is 35.4 Å². The highest BCUT2D eigenvalue weighted by Crippen LogP contribution is 2.65. The number of carbonyl (C=O) groups excluding carboxylic acids is 3. The van der Waals surface area contributed by atoms with Crippen LogP contribution in [-0.2, 0) is 35.3 Å². The highest BCUT2D eigenvalue weighted by atomic mass is 32.2. The van der Waals surface area contributed by atoms with E-state index in [0.29, 0.717) is 36.7 Å². The van der Waals surface area contributed by atoms with Gasteiger partial charge >= 0.3 is 7.12 Å². The lowest BCUT2D eigenvalue weighted by molar-refractivity contribution is -0.199. The van der Waals surface area contributed by atoms with Gasteiger partial charge in [-0.3, -0.25) is 14.4 Å². The minimum Gasteiger partial charge on any atom is -0.404 e. The molecule has 11 nitrogen and oxygen atoms in total. The Bertz CT molecular complexity index is 1460. The van der Waals surface area contributed by atoms with Gasteiger partial charge in [-0.25, -0.2) is 12.7 Å². The predicted octanol–water partition coefficient (Wildman–Crippen LogP) is 3.71. The van der Waals surface area contributed by atoms with E-state index in [1.807, 2.05) is 12.1 Å². The third-order valence-corrected chi connectivity index (χ3v) is 13.1. The van der Waals surface area contributed by atoms with E-state index in [0.717, 1.165) is 37.7 Å². The molecule has 1 aromatic carbocycles. The molecule has 0 unspecified atom stereocenters. The number of nitrogens with zero attached hydrogens (tertiary/aromatic N) is 1. The Hall–Kier alpha value is -2.48. The first-order valence-electron chi connectivity index (χ1n) is 18.3. The first-order chi connectivity index (χ1) is 23.0. The lowest BCUT2D eigenvalue weighted by Crippen LogP contribution is -2.65. The van der Waals surface area contributed by atoms with Gasteiger partial charge in [0.05, 0.1) is 23.9 Å². The van der Waals surface area contributed by atoms with Crippen LogP contribution >= 0.6 is 0 Å². The summed E-state index contributed by atoms with van der Waals surface area (Å²) in [5.41, 5.74) is 1.33. The largest absolute Gasteiger partial charge is 0.481 e. The molecule has 1 aromatic rings. The van der Waals surface area contributed by atoms with Gasteiger partial charge in [0.25, 0.3) is 5.91 Å². The molecule has 2 saturated heterocycles. The van der Waals surface area contributed by atoms with Gasteiger partial charge in [-0.1, -0.05) is 53.2 Å². The number of amides is 3. The molecule has 2 bridgehead atoms. The van der Waals surface area contributed by atoms with E-state index in [2.05, 4.69) is 57.5 Å². The van der Waals surface area contributed by atoms with Crippen molar-refractivity contribution < 1.29 is 32.1 Å². The van der Waals surface area contributed by atoms with E-state index >= 15 is 0 Å². The fourth-order valence-electron chi connectivity index (χ4n) is 8.55. The van der Waals surface area contributed by atoms with Gasteiger partial charge in [-0.15, -0.1) is 0 Å². The van der Waals surface area contributed by atoms with Crippen LogP contribution in [0.3, 0.4) is 0 Å². The van der Waals surface area contributed by atoms with E-state index in [4.69, 9.17) is 9.31 Å². The molecule has 3 aliphatic carbocycles. The third kappa shape index (κ3) is 8.37. The first kappa shape index (κ1) is 37.8. The molecule has 0 radical (unpaired) electrons. The molecule has 49 heavy (non-hydrogen) atoms. The molecule has 0 aromatic heterocycles. The number of carbonyl (C=O) groups is 3. The van der Waals surface area contributed by atoms with Crippen molar-refractivity contribution in [1.29, 1.82) is 0 Å². The summed E-state index contributed by atoms with van der Waals surface area (Å²) >= 11 is 0. The van der Waals surface area contributed by atoms with E-state index < -0.39 is 46.5 Å². The van der Waals surface area contributed by atoms with Crippen LogP contribution in [0.5, 0.6) is 0 Å². The number of hydrogen-bond donors (Lipinski definition) is 3. The number of aryl methyl sites for hydroxylation is 1. The second-order valence-electron chi connectivity index (χ2n) is 16.1. The Balaban J connectivity index is 1.29. The van der Waals surface area contributed by atoms with Crippen LogP contribution in [0.15, 0.2) is 24.3 Å². The number of unbranched alkanes of at least 4 members (excludes halogenated alkanes) is 1. The van der Waals surface area contributed by atoms with Crippen LogP contribution in [-0.4, -0.2) is 87.1 Å². The predicted molar refractivity (Wildman–Crippen MR) is 190 cm³/mol. The van der Waals surface area contributed by atoms with E-state index in [9.17, 15) is 22.8 Å². The topological polar surface area (TPSA) is 143 Å². The maximum Gasteiger partial charge on any atom is 0.481 e. The maximum absolute atomic E-state index is 14.1. The SMILES string of the molecule is CCCCc1ccc(C(=O)N[C@@H](CNC(=O)C2CCN(S(C)(=O)=O)CC2)C(=O)N[C@@H](CC(C)C)B2O[C@@H]3C[C@H]4C[C@H](C4(C)C)[C@]3(C)O2)cc1. The zero-order chi connectivity index (χ0) is 35.7. The van der Waals surface area contributed by atoms with Gasteiger partial charge in [0.15, 0.2) is 0 Å². The summed E-state index contributed by atoms with van der Waals surface area (Å²) in [6, 6.07) is 6.33. The molecule has 3 amide bonds. The molecule has 6 atom stereocenters. The van der Waals surface area contributed by atoms with Crippen LogP contribution in [0, 0.1) is 29.1 Å². The standard InChI is InChI=1S/C36H57BN4O7S/c1-8-9-10-24-11-13-25(14-12-24)33(43)39-28(22-38-32(42)26-15-17-41(18-16-26)49(7,45)46)34(44)40-31(19-23(2)3)37-47-30-21-27-20-29(35(27,4)5)36(30,6)48-37/h11-14,23,26-31H,8-10,15-22H2,1-7H3,(H,38,42)(H,39,43)(H,40,44)/t27-,28+,29-,30-,31+,36+/m1/s1. The Kier molecular flexibility index (Phi) is 11.6. The van der Waals surface area contributed by atoms with Crippen LogP contribution in [0.1, 0.15) is 102 Å². The molecule has 13 heteroatoms. The summed E-state index contributed by atoms with van der Waals surface area (Å²) in [5, 5.41) is 8.91. The molecule has 3 N–H and O–H groups in total. The summed E-state index contributed by atoms with van der Waals surface area (Å²) in [6.07, 6.45) is 7.65. The summed E-state index contributed by atoms with van der Waals surface area (Å²) in [7, 11) is -3.95. The van der Waals surface area contributed by atoms with E-state index in [1.165, 1.54) is 10.6 Å². The summed E-state index contributed by atoms with van der Waals surface area (Å²) in [4.78, 5) is 40.8. The smallest absolute Gasteiger partial charge is 0.404 e. The average Bonchev–Trinajstić information content (AvgIpc) is 3.42. The highest BCUT2D eigenvalue weighted by Gasteiger charge is 2.68. The second-order valence-corrected chi connectivity index (χ2v) is 18.1. The van der Waals surface area contributed by atoms with Crippen LogP contribution in [0.25, 0.3) is 0 Å². The van der Waals surface area contributed by atoms with E-state index in [1.54, 1.807) is 12.1 Å². The van der Waals surface area contributed by atoms with Gasteiger partial charge in [-0.05, 0) is 92.7 Å². The van der Waals surface area contributed by atoms with Crippen molar-refractivity contribution >= 4 is 34.9 Å². The minimum absolute atomic E-state index is 0.0370. The Morgan fingerprint density at radius 2 is 1.71 bits per heavy atom. The highest BCUT2D eigenvalue weighted by molar-refractivity contribution is 7.88. The number of hydrogen-bond acceptors (Lipinski definition) is 7. The molecule has 5 aliphatic rings. The molecular weight excluding hydrogens is 643 g/mol. The molecule has 0 spiro atoms. The maximum atomic E-state index is 14.1. The Labute approximate surface area is 293 Å². The van der Waals surface area contributed by atoms with Crippen LogP contribution in [0.4, 0.5) is 0 Å². The van der Waals surface area contributed by atoms with Gasteiger partial charge in [0, 0.05) is 31.1 Å². The van der Waals surface area contributed by atoms with Gasteiger partial charge in [0.2, 0.25) is 21.8 Å². The molecule has 3 saturated carbocycles. The Morgan fingerprint density at radius 3 is 2.31 bits per heavy atom. The molecule has 272 valence electrons. The normalized spacial score (nSPS) is 27.9. The molecule has 2 aliphatic heterocycles. The zero-order valence-electron chi connectivity index (χ0n) is 30.4. The number of nitrogens with one attached hydrogen (secondary N) is 3. The average molecular weight is 701 g/mol. The lowest BCUT2D eigenvalue weighted by Gasteiger charge is -2.64. The monoisotopic (exact) mass is 700 g/mol. The first-order valence-corrected chi connectivity index (χ1v) is 20.1. The van der Waals surface area contributed by atoms with Crippen LogP contribution in [0.2, 0.25) is 0 Å². The third-order valence-electron chi connectivity index (χ3n) is 11.8. The number of piperidine rings is 1. The van der Waals surface area contributed by atoms with Crippen molar-refractivity contribution in [1.82, 2.24) is 20.3 Å². The zero-order valence-corrected chi connectivity index (χ0v) is 31.2. The molecule has 5 fully saturated rings. The summed E-state index contributed by atoms with van der Waals surface area (Å²) in [5.74, 6) is -0.738. The van der Waals surface area contributed by atoms with E-state index in [-0.39, 0.29) is 48.9 Å². The quantitative estimate of drug-likeness (QED) is 0.251. The van der Waals surface area contributed by atoms with Gasteiger partial charge in [0.1, 0.15) is 6.04 Å². The summed E-state index contributed by atoms with van der Waals surface area (Å²) < 4.78 is 38.6. The van der Waals surface area contributed by atoms with Gasteiger partial charge < -0.3 is 25.3 Å². The van der Waals surface area contributed by atoms with Crippen LogP contribution < -0.4 is 16.0 Å². The summed E-state index contributed by atoms with van der Waals surface area (Å²) in [6.45, 7) is 13.5. The molecule has 2 heterocycles. The molecule has 6 rings (SSSR count). The Morgan fingerprint density at radius 1 is 1.04 bits per heavy atom. The van der Waals surface area contributed by atoms with Crippen molar-refractivity contribution in [3.8, 4) is 0 Å². The lowest BCUT2D eigenvalue weighted by atomic mass is 9.43. The fourth-order valence-corrected chi connectivity index (χ4v) is 9.43. The number of rotatable bonds is 14. The van der Waals surface area contributed by atoms with Crippen molar-refractivity contribution in [2.45, 2.75) is 117 Å². The van der Waals surface area contributed by atoms with Crippen molar-refractivity contribution in [3.63, 3.8) is 0 Å². The van der Waals surface area contributed by atoms with Crippen molar-refractivity contribution in [2.75, 3.05) is 25.9 Å². The number of sulfonamides is 1. The second kappa shape index (κ2) is 15.0. The fraction of sp³-hybridized carbons (Fsp3) is 0.750.